The second kappa shape index (κ2) is 6.41. The van der Waals surface area contributed by atoms with Crippen molar-refractivity contribution < 1.29 is 14.1 Å². The molecular weight excluding hydrogens is 304 g/mol. The molecule has 22 heavy (non-hydrogen) atoms. The summed E-state index contributed by atoms with van der Waals surface area (Å²) in [5, 5.41) is 4.50. The molecular formula is C16H11ClN2O3. The molecule has 0 radical (unpaired) electrons. The molecule has 0 fully saturated rings. The van der Waals surface area contributed by atoms with Crippen LogP contribution in [0.15, 0.2) is 53.1 Å². The summed E-state index contributed by atoms with van der Waals surface area (Å²) in [7, 11) is 0. The minimum Gasteiger partial charge on any atom is -0.484 e. The maximum absolute atomic E-state index is 10.7. The van der Waals surface area contributed by atoms with E-state index in [1.54, 1.807) is 36.4 Å². The number of ether oxygens (including phenoxy) is 1. The molecule has 0 unspecified atom stereocenters. The smallest absolute Gasteiger partial charge is 0.264 e. The molecule has 0 aliphatic heterocycles. The fraction of sp³-hybridized carbons (Fsp3) is 0.0625. The number of carbonyl (C=O) groups excluding carboxylic acids is 1. The molecule has 0 bridgehead atoms. The molecule has 0 amide bonds. The summed E-state index contributed by atoms with van der Waals surface area (Å²) in [5.41, 5.74) is 1.31. The number of benzene rings is 2. The third kappa shape index (κ3) is 3.32. The summed E-state index contributed by atoms with van der Waals surface area (Å²) in [4.78, 5) is 15.0. The second-order valence-corrected chi connectivity index (χ2v) is 4.94. The van der Waals surface area contributed by atoms with Crippen LogP contribution in [0, 0.1) is 0 Å². The van der Waals surface area contributed by atoms with Gasteiger partial charge in [-0.1, -0.05) is 41.0 Å². The Morgan fingerprint density at radius 3 is 2.86 bits per heavy atom. The van der Waals surface area contributed by atoms with Crippen molar-refractivity contribution in [2.75, 3.05) is 0 Å². The molecule has 0 saturated heterocycles. The lowest BCUT2D eigenvalue weighted by molar-refractivity contribution is 0.112. The predicted molar refractivity (Wildman–Crippen MR) is 80.9 cm³/mol. The van der Waals surface area contributed by atoms with Crippen LogP contribution in [0.4, 0.5) is 0 Å². The van der Waals surface area contributed by atoms with Crippen LogP contribution in [0.1, 0.15) is 16.2 Å². The first-order chi connectivity index (χ1) is 10.7. The van der Waals surface area contributed by atoms with Gasteiger partial charge < -0.3 is 9.26 Å². The Morgan fingerprint density at radius 2 is 2.05 bits per heavy atom. The highest BCUT2D eigenvalue weighted by Gasteiger charge is 2.09. The maximum atomic E-state index is 10.7. The van der Waals surface area contributed by atoms with E-state index in [2.05, 4.69) is 10.1 Å². The van der Waals surface area contributed by atoms with Gasteiger partial charge in [-0.25, -0.2) is 0 Å². The standard InChI is InChI=1S/C16H11ClN2O3/c17-13-5-2-4-12(8-13)16-18-15(22-19-16)10-21-14-6-1-3-11(7-14)9-20/h1-9H,10H2. The van der Waals surface area contributed by atoms with E-state index in [0.29, 0.717) is 28.1 Å². The van der Waals surface area contributed by atoms with Crippen LogP contribution in [-0.2, 0) is 6.61 Å². The fourth-order valence-electron chi connectivity index (χ4n) is 1.88. The third-order valence-corrected chi connectivity index (χ3v) is 3.14. The van der Waals surface area contributed by atoms with Crippen molar-refractivity contribution in [3.63, 3.8) is 0 Å². The zero-order valence-corrected chi connectivity index (χ0v) is 12.2. The monoisotopic (exact) mass is 314 g/mol. The van der Waals surface area contributed by atoms with Crippen molar-refractivity contribution in [2.45, 2.75) is 6.61 Å². The van der Waals surface area contributed by atoms with Gasteiger partial charge in [-0.15, -0.1) is 0 Å². The maximum Gasteiger partial charge on any atom is 0.264 e. The largest absolute Gasteiger partial charge is 0.484 e. The van der Waals surface area contributed by atoms with Gasteiger partial charge in [-0.3, -0.25) is 4.79 Å². The fourth-order valence-corrected chi connectivity index (χ4v) is 2.07. The third-order valence-electron chi connectivity index (χ3n) is 2.91. The van der Waals surface area contributed by atoms with E-state index in [0.717, 1.165) is 11.8 Å². The van der Waals surface area contributed by atoms with Crippen LogP contribution in [-0.4, -0.2) is 16.4 Å². The zero-order chi connectivity index (χ0) is 15.4. The number of aldehydes is 1. The van der Waals surface area contributed by atoms with E-state index in [1.165, 1.54) is 0 Å². The molecule has 0 aliphatic rings. The molecule has 3 aromatic rings. The SMILES string of the molecule is O=Cc1cccc(OCc2nc(-c3cccc(Cl)c3)no2)c1. The van der Waals surface area contributed by atoms with Crippen LogP contribution in [0.3, 0.4) is 0 Å². The van der Waals surface area contributed by atoms with Crippen molar-refractivity contribution in [1.82, 2.24) is 10.1 Å². The van der Waals surface area contributed by atoms with Crippen molar-refractivity contribution >= 4 is 17.9 Å². The number of rotatable bonds is 5. The van der Waals surface area contributed by atoms with E-state index in [1.807, 2.05) is 12.1 Å². The van der Waals surface area contributed by atoms with Crippen molar-refractivity contribution in [1.29, 1.82) is 0 Å². The van der Waals surface area contributed by atoms with Gasteiger partial charge in [0, 0.05) is 16.1 Å². The molecule has 6 heteroatoms. The van der Waals surface area contributed by atoms with Crippen molar-refractivity contribution in [3.05, 3.63) is 65.0 Å². The Balaban J connectivity index is 1.70. The molecule has 2 aromatic carbocycles. The van der Waals surface area contributed by atoms with Crippen LogP contribution >= 0.6 is 11.6 Å². The molecule has 1 heterocycles. The van der Waals surface area contributed by atoms with Gasteiger partial charge in [-0.05, 0) is 24.3 Å². The first-order valence-corrected chi connectivity index (χ1v) is 6.89. The highest BCUT2D eigenvalue weighted by molar-refractivity contribution is 6.30. The van der Waals surface area contributed by atoms with Crippen LogP contribution in [0.25, 0.3) is 11.4 Å². The van der Waals surface area contributed by atoms with Gasteiger partial charge in [0.2, 0.25) is 5.82 Å². The first-order valence-electron chi connectivity index (χ1n) is 6.51. The molecule has 0 aliphatic carbocycles. The number of aromatic nitrogens is 2. The highest BCUT2D eigenvalue weighted by Crippen LogP contribution is 2.20. The van der Waals surface area contributed by atoms with E-state index in [9.17, 15) is 4.79 Å². The van der Waals surface area contributed by atoms with Crippen molar-refractivity contribution in [3.8, 4) is 17.1 Å². The number of nitrogens with zero attached hydrogens (tertiary/aromatic N) is 2. The lowest BCUT2D eigenvalue weighted by Gasteiger charge is -2.02. The minimum atomic E-state index is 0.121. The number of halogens is 1. The van der Waals surface area contributed by atoms with Crippen LogP contribution < -0.4 is 4.74 Å². The summed E-state index contributed by atoms with van der Waals surface area (Å²) in [6, 6.07) is 14.0. The topological polar surface area (TPSA) is 65.2 Å². The summed E-state index contributed by atoms with van der Waals surface area (Å²) < 4.78 is 10.7. The Labute approximate surface area is 131 Å². The summed E-state index contributed by atoms with van der Waals surface area (Å²) >= 11 is 5.93. The molecule has 110 valence electrons. The Morgan fingerprint density at radius 1 is 1.18 bits per heavy atom. The number of carbonyl (C=O) groups is 1. The highest BCUT2D eigenvalue weighted by atomic mass is 35.5. The summed E-state index contributed by atoms with van der Waals surface area (Å²) in [5.74, 6) is 1.35. The second-order valence-electron chi connectivity index (χ2n) is 4.50. The molecule has 5 nitrogen and oxygen atoms in total. The first kappa shape index (κ1) is 14.3. The molecule has 0 spiro atoms. The number of hydrogen-bond acceptors (Lipinski definition) is 5. The molecule has 0 N–H and O–H groups in total. The summed E-state index contributed by atoms with van der Waals surface area (Å²) in [6.45, 7) is 0.121. The van der Waals surface area contributed by atoms with Crippen LogP contribution in [0.5, 0.6) is 5.75 Å². The van der Waals surface area contributed by atoms with Crippen molar-refractivity contribution in [2.24, 2.45) is 0 Å². The molecule has 0 saturated carbocycles. The quantitative estimate of drug-likeness (QED) is 0.670. The lowest BCUT2D eigenvalue weighted by atomic mass is 10.2. The normalized spacial score (nSPS) is 10.4. The van der Waals surface area contributed by atoms with E-state index in [-0.39, 0.29) is 6.61 Å². The van der Waals surface area contributed by atoms with E-state index >= 15 is 0 Å². The van der Waals surface area contributed by atoms with Gasteiger partial charge in [0.15, 0.2) is 6.61 Å². The van der Waals surface area contributed by atoms with Gasteiger partial charge in [0.05, 0.1) is 0 Å². The summed E-state index contributed by atoms with van der Waals surface area (Å²) in [6.07, 6.45) is 0.761. The van der Waals surface area contributed by atoms with Gasteiger partial charge in [0.25, 0.3) is 5.89 Å². The Kier molecular flexibility index (Phi) is 4.16. The molecule has 0 atom stereocenters. The predicted octanol–water partition coefficient (Wildman–Crippen LogP) is 3.78. The van der Waals surface area contributed by atoms with E-state index < -0.39 is 0 Å². The Hall–Kier alpha value is -2.66. The minimum absolute atomic E-state index is 0.121. The molecule has 3 rings (SSSR count). The average molecular weight is 315 g/mol. The van der Waals surface area contributed by atoms with Gasteiger partial charge in [-0.2, -0.15) is 4.98 Å². The van der Waals surface area contributed by atoms with E-state index in [4.69, 9.17) is 20.9 Å². The lowest BCUT2D eigenvalue weighted by Crippen LogP contribution is -1.96. The van der Waals surface area contributed by atoms with Gasteiger partial charge >= 0.3 is 0 Å². The Bertz CT molecular complexity index is 801. The molecule has 1 aromatic heterocycles. The van der Waals surface area contributed by atoms with Gasteiger partial charge in [0.1, 0.15) is 12.0 Å². The van der Waals surface area contributed by atoms with Crippen LogP contribution in [0.2, 0.25) is 5.02 Å². The zero-order valence-electron chi connectivity index (χ0n) is 11.4. The number of hydrogen-bond donors (Lipinski definition) is 0. The average Bonchev–Trinajstić information content (AvgIpc) is 3.02.